The van der Waals surface area contributed by atoms with E-state index in [-0.39, 0.29) is 23.0 Å². The van der Waals surface area contributed by atoms with Gasteiger partial charge in [-0.05, 0) is 12.1 Å². The van der Waals surface area contributed by atoms with Crippen LogP contribution >= 0.6 is 0 Å². The summed E-state index contributed by atoms with van der Waals surface area (Å²) in [6.07, 6.45) is 0. The van der Waals surface area contributed by atoms with Crippen molar-refractivity contribution in [2.45, 2.75) is 0 Å². The Morgan fingerprint density at radius 3 is 2.58 bits per heavy atom. The van der Waals surface area contributed by atoms with Crippen LogP contribution in [0.1, 0.15) is 10.6 Å². The molecule has 0 aliphatic carbocycles. The van der Waals surface area contributed by atoms with Gasteiger partial charge in [-0.3, -0.25) is 0 Å². The molecule has 1 heterocycles. The van der Waals surface area contributed by atoms with E-state index in [0.717, 1.165) is 6.07 Å². The molecule has 1 aromatic carbocycles. The van der Waals surface area contributed by atoms with Crippen LogP contribution in [0.3, 0.4) is 0 Å². The van der Waals surface area contributed by atoms with E-state index in [0.29, 0.717) is 5.56 Å². The third-order valence-electron chi connectivity index (χ3n) is 2.45. The lowest BCUT2D eigenvalue weighted by atomic mass is 10.1. The number of nitrogens with zero attached hydrogens (tertiary/aromatic N) is 1. The Bertz CT molecular complexity index is 623. The van der Waals surface area contributed by atoms with Gasteiger partial charge in [0.15, 0.2) is 17.3 Å². The van der Waals surface area contributed by atoms with Gasteiger partial charge in [0.1, 0.15) is 5.69 Å². The van der Waals surface area contributed by atoms with Gasteiger partial charge in [-0.1, -0.05) is 5.16 Å². The van der Waals surface area contributed by atoms with E-state index in [2.05, 4.69) is 9.68 Å². The molecule has 0 aliphatic heterocycles. The molecule has 2 aromatic rings. The quantitative estimate of drug-likeness (QED) is 0.914. The minimum Gasteiger partial charge on any atom is -0.493 e. The monoisotopic (exact) mass is 267 g/mol. The SMILES string of the molecule is COc1cc(-c2cc(C(=O)O)on2)cc(F)c1OC. The van der Waals surface area contributed by atoms with Crippen LogP contribution in [0.5, 0.6) is 11.5 Å². The lowest BCUT2D eigenvalue weighted by Gasteiger charge is -2.09. The fourth-order valence-corrected chi connectivity index (χ4v) is 1.58. The number of aromatic nitrogens is 1. The van der Waals surface area contributed by atoms with Gasteiger partial charge in [-0.25, -0.2) is 9.18 Å². The molecule has 0 unspecified atom stereocenters. The van der Waals surface area contributed by atoms with Gasteiger partial charge < -0.3 is 19.1 Å². The number of carboxylic acids is 1. The second kappa shape index (κ2) is 4.97. The molecule has 2 rings (SSSR count). The first-order chi connectivity index (χ1) is 9.06. The molecule has 7 heteroatoms. The molecule has 0 aliphatic rings. The van der Waals surface area contributed by atoms with Crippen LogP contribution in [0.15, 0.2) is 22.7 Å². The Balaban J connectivity index is 2.50. The number of ether oxygens (including phenoxy) is 2. The topological polar surface area (TPSA) is 81.8 Å². The number of rotatable bonds is 4. The van der Waals surface area contributed by atoms with Gasteiger partial charge in [0.2, 0.25) is 5.76 Å². The van der Waals surface area contributed by atoms with E-state index >= 15 is 0 Å². The third kappa shape index (κ3) is 2.35. The fourth-order valence-electron chi connectivity index (χ4n) is 1.58. The maximum absolute atomic E-state index is 13.8. The van der Waals surface area contributed by atoms with Crippen LogP contribution in [0.25, 0.3) is 11.3 Å². The number of halogens is 1. The number of methoxy groups -OCH3 is 2. The van der Waals surface area contributed by atoms with Crippen molar-refractivity contribution in [3.05, 3.63) is 29.8 Å². The van der Waals surface area contributed by atoms with Gasteiger partial charge in [0.05, 0.1) is 14.2 Å². The molecular formula is C12H10FNO5. The number of carbonyl (C=O) groups is 1. The normalized spacial score (nSPS) is 10.3. The van der Waals surface area contributed by atoms with E-state index in [9.17, 15) is 9.18 Å². The van der Waals surface area contributed by atoms with E-state index in [4.69, 9.17) is 14.6 Å². The standard InChI is InChI=1S/C12H10FNO5/c1-17-9-4-6(3-7(13)11(9)18-2)8-5-10(12(15)16)19-14-8/h3-5H,1-2H3,(H,15,16). The molecule has 1 N–H and O–H groups in total. The second-order valence-corrected chi connectivity index (χ2v) is 3.58. The highest BCUT2D eigenvalue weighted by atomic mass is 19.1. The molecule has 6 nitrogen and oxygen atoms in total. The third-order valence-corrected chi connectivity index (χ3v) is 2.45. The summed E-state index contributed by atoms with van der Waals surface area (Å²) in [5.74, 6) is -2.08. The number of hydrogen-bond donors (Lipinski definition) is 1. The summed E-state index contributed by atoms with van der Waals surface area (Å²) >= 11 is 0. The number of carboxylic acid groups (broad SMARTS) is 1. The van der Waals surface area contributed by atoms with Crippen molar-refractivity contribution >= 4 is 5.97 Å². The van der Waals surface area contributed by atoms with Crippen molar-refractivity contribution in [1.29, 1.82) is 0 Å². The van der Waals surface area contributed by atoms with Crippen LogP contribution in [0, 0.1) is 5.82 Å². The lowest BCUT2D eigenvalue weighted by molar-refractivity contribution is 0.0652. The largest absolute Gasteiger partial charge is 0.493 e. The second-order valence-electron chi connectivity index (χ2n) is 3.58. The summed E-state index contributed by atoms with van der Waals surface area (Å²) in [5, 5.41) is 12.3. The first kappa shape index (κ1) is 12.9. The molecule has 0 saturated carbocycles. The van der Waals surface area contributed by atoms with E-state index < -0.39 is 11.8 Å². The van der Waals surface area contributed by atoms with Crippen LogP contribution in [-0.2, 0) is 0 Å². The van der Waals surface area contributed by atoms with Crippen molar-refractivity contribution in [3.63, 3.8) is 0 Å². The smallest absolute Gasteiger partial charge is 0.374 e. The molecular weight excluding hydrogens is 257 g/mol. The predicted molar refractivity (Wildman–Crippen MR) is 62.0 cm³/mol. The summed E-state index contributed by atoms with van der Waals surface area (Å²) < 4.78 is 28.2. The minimum absolute atomic E-state index is 0.0341. The predicted octanol–water partition coefficient (Wildman–Crippen LogP) is 2.20. The summed E-state index contributed by atoms with van der Waals surface area (Å²) in [6, 6.07) is 3.83. The van der Waals surface area contributed by atoms with Gasteiger partial charge in [0.25, 0.3) is 0 Å². The maximum Gasteiger partial charge on any atom is 0.374 e. The average Bonchev–Trinajstić information content (AvgIpc) is 2.87. The summed E-state index contributed by atoms with van der Waals surface area (Å²) in [7, 11) is 2.69. The van der Waals surface area contributed by atoms with E-state index in [1.54, 1.807) is 0 Å². The number of benzene rings is 1. The van der Waals surface area contributed by atoms with E-state index in [1.807, 2.05) is 0 Å². The first-order valence-electron chi connectivity index (χ1n) is 5.18. The highest BCUT2D eigenvalue weighted by molar-refractivity contribution is 5.85. The molecule has 0 amide bonds. The molecule has 0 fully saturated rings. The van der Waals surface area contributed by atoms with Crippen molar-refractivity contribution in [2.24, 2.45) is 0 Å². The maximum atomic E-state index is 13.8. The highest BCUT2D eigenvalue weighted by Gasteiger charge is 2.17. The van der Waals surface area contributed by atoms with Crippen molar-refractivity contribution in [3.8, 4) is 22.8 Å². The van der Waals surface area contributed by atoms with Crippen LogP contribution in [0.4, 0.5) is 4.39 Å². The molecule has 0 radical (unpaired) electrons. The summed E-state index contributed by atoms with van der Waals surface area (Å²) in [4.78, 5) is 10.7. The van der Waals surface area contributed by atoms with Crippen LogP contribution < -0.4 is 9.47 Å². The molecule has 0 atom stereocenters. The zero-order valence-corrected chi connectivity index (χ0v) is 10.1. The molecule has 0 saturated heterocycles. The Hall–Kier alpha value is -2.57. The molecule has 0 bridgehead atoms. The molecule has 0 spiro atoms. The van der Waals surface area contributed by atoms with Gasteiger partial charge >= 0.3 is 5.97 Å². The average molecular weight is 267 g/mol. The Morgan fingerprint density at radius 2 is 2.05 bits per heavy atom. The van der Waals surface area contributed by atoms with Crippen LogP contribution in [0.2, 0.25) is 0 Å². The van der Waals surface area contributed by atoms with Crippen molar-refractivity contribution in [2.75, 3.05) is 14.2 Å². The van der Waals surface area contributed by atoms with Crippen molar-refractivity contribution in [1.82, 2.24) is 5.16 Å². The Morgan fingerprint density at radius 1 is 1.32 bits per heavy atom. The summed E-state index contributed by atoms with van der Waals surface area (Å²) in [6.45, 7) is 0. The van der Waals surface area contributed by atoms with E-state index in [1.165, 1.54) is 26.4 Å². The summed E-state index contributed by atoms with van der Waals surface area (Å²) in [5.41, 5.74) is 0.517. The lowest BCUT2D eigenvalue weighted by Crippen LogP contribution is -1.95. The first-order valence-corrected chi connectivity index (χ1v) is 5.18. The fraction of sp³-hybridized carbons (Fsp3) is 0.167. The van der Waals surface area contributed by atoms with Gasteiger partial charge in [-0.2, -0.15) is 0 Å². The highest BCUT2D eigenvalue weighted by Crippen LogP contribution is 2.34. The zero-order valence-electron chi connectivity index (χ0n) is 10.1. The van der Waals surface area contributed by atoms with Crippen molar-refractivity contribution < 1.29 is 28.3 Å². The Kier molecular flexibility index (Phi) is 3.37. The zero-order chi connectivity index (χ0) is 14.0. The number of hydrogen-bond acceptors (Lipinski definition) is 5. The van der Waals surface area contributed by atoms with Gasteiger partial charge in [-0.15, -0.1) is 0 Å². The van der Waals surface area contributed by atoms with Crippen LogP contribution in [-0.4, -0.2) is 30.5 Å². The molecule has 100 valence electrons. The van der Waals surface area contributed by atoms with Gasteiger partial charge in [0, 0.05) is 11.6 Å². The number of aromatic carboxylic acids is 1. The molecule has 1 aromatic heterocycles. The Labute approximate surface area is 107 Å². The molecule has 19 heavy (non-hydrogen) atoms. The minimum atomic E-state index is -1.25.